The summed E-state index contributed by atoms with van der Waals surface area (Å²) >= 11 is 0. The summed E-state index contributed by atoms with van der Waals surface area (Å²) in [6, 6.07) is 67.9. The van der Waals surface area contributed by atoms with Crippen molar-refractivity contribution < 1.29 is 0 Å². The lowest BCUT2D eigenvalue weighted by molar-refractivity contribution is 1.32. The normalized spacial score (nSPS) is 10.9. The van der Waals surface area contributed by atoms with Crippen LogP contribution in [0.3, 0.4) is 0 Å². The maximum atomic E-state index is 5.10. The molecular weight excluding hydrogens is 581 g/mol. The first kappa shape index (κ1) is 29.1. The van der Waals surface area contributed by atoms with Crippen LogP contribution in [-0.2, 0) is 0 Å². The Morgan fingerprint density at radius 3 is 1.04 bits per heavy atom. The molecule has 0 amide bonds. The maximum absolute atomic E-state index is 5.10. The molecule has 0 aliphatic carbocycles. The molecule has 2 aromatic heterocycles. The highest BCUT2D eigenvalue weighted by Gasteiger charge is 2.11. The molecule has 8 rings (SSSR count). The fourth-order valence-corrected chi connectivity index (χ4v) is 6.17. The van der Waals surface area contributed by atoms with Gasteiger partial charge in [-0.2, -0.15) is 0 Å². The van der Waals surface area contributed by atoms with Crippen LogP contribution in [0.4, 0.5) is 0 Å². The average Bonchev–Trinajstić information content (AvgIpc) is 3.19. The van der Waals surface area contributed by atoms with Crippen LogP contribution in [0, 0.1) is 0 Å². The Hall–Kier alpha value is -6.38. The van der Waals surface area contributed by atoms with E-state index < -0.39 is 0 Å². The van der Waals surface area contributed by atoms with E-state index in [1.54, 1.807) is 0 Å². The molecular formula is C46H32N2. The zero-order valence-corrected chi connectivity index (χ0v) is 26.4. The summed E-state index contributed by atoms with van der Waals surface area (Å²) in [6.07, 6.45) is 0. The number of benzene rings is 6. The van der Waals surface area contributed by atoms with Crippen molar-refractivity contribution in [3.63, 3.8) is 0 Å². The molecule has 0 saturated carbocycles. The van der Waals surface area contributed by atoms with Gasteiger partial charge in [-0.25, -0.2) is 9.97 Å². The minimum Gasteiger partial charge on any atom is -0.248 e. The van der Waals surface area contributed by atoms with Gasteiger partial charge in [0.1, 0.15) is 0 Å². The van der Waals surface area contributed by atoms with Crippen LogP contribution in [0.2, 0.25) is 0 Å². The van der Waals surface area contributed by atoms with Crippen LogP contribution in [0.25, 0.3) is 78.4 Å². The third-order valence-corrected chi connectivity index (χ3v) is 8.69. The van der Waals surface area contributed by atoms with E-state index in [9.17, 15) is 0 Å². The van der Waals surface area contributed by atoms with Gasteiger partial charge in [-0.3, -0.25) is 0 Å². The van der Waals surface area contributed by atoms with Gasteiger partial charge in [0.15, 0.2) is 0 Å². The zero-order chi connectivity index (χ0) is 32.1. The second-order valence-electron chi connectivity index (χ2n) is 11.9. The fourth-order valence-electron chi connectivity index (χ4n) is 6.17. The monoisotopic (exact) mass is 612 g/mol. The summed E-state index contributed by atoms with van der Waals surface area (Å²) in [5.74, 6) is 0. The lowest BCUT2D eigenvalue weighted by atomic mass is 9.97. The lowest BCUT2D eigenvalue weighted by Gasteiger charge is -2.11. The molecule has 0 aliphatic rings. The highest BCUT2D eigenvalue weighted by atomic mass is 14.7. The van der Waals surface area contributed by atoms with Crippen LogP contribution in [0.15, 0.2) is 194 Å². The molecule has 0 spiro atoms. The summed E-state index contributed by atoms with van der Waals surface area (Å²) in [5.41, 5.74) is 15.2. The molecule has 6 aromatic carbocycles. The molecule has 2 heterocycles. The SMILES string of the molecule is c1ccc(-c2cccc(-c3cccc(-c4cccc(-c5ccc(-c6cc(-c7ccccc7)cc(-c7ccccc7)n6)cc5)c4)n3)c2)cc1. The molecule has 0 saturated heterocycles. The van der Waals surface area contributed by atoms with Crippen molar-refractivity contribution in [2.24, 2.45) is 0 Å². The molecule has 0 unspecified atom stereocenters. The second kappa shape index (κ2) is 13.2. The second-order valence-corrected chi connectivity index (χ2v) is 11.9. The molecule has 0 atom stereocenters. The molecule has 2 heteroatoms. The van der Waals surface area contributed by atoms with Gasteiger partial charge in [0.05, 0.1) is 22.8 Å². The molecule has 0 fully saturated rings. The molecule has 0 aliphatic heterocycles. The van der Waals surface area contributed by atoms with Gasteiger partial charge < -0.3 is 0 Å². The van der Waals surface area contributed by atoms with Crippen LogP contribution in [-0.4, -0.2) is 9.97 Å². The predicted molar refractivity (Wildman–Crippen MR) is 200 cm³/mol. The van der Waals surface area contributed by atoms with Crippen LogP contribution in [0.5, 0.6) is 0 Å². The number of hydrogen-bond acceptors (Lipinski definition) is 2. The summed E-state index contributed by atoms with van der Waals surface area (Å²) in [5, 5.41) is 0. The van der Waals surface area contributed by atoms with Gasteiger partial charge >= 0.3 is 0 Å². The molecule has 226 valence electrons. The third-order valence-electron chi connectivity index (χ3n) is 8.69. The van der Waals surface area contributed by atoms with Gasteiger partial charge in [-0.1, -0.05) is 158 Å². The number of nitrogens with zero attached hydrogens (tertiary/aromatic N) is 2. The molecule has 0 radical (unpaired) electrons. The molecule has 0 bridgehead atoms. The summed E-state index contributed by atoms with van der Waals surface area (Å²) in [7, 11) is 0. The Kier molecular flexibility index (Phi) is 7.96. The van der Waals surface area contributed by atoms with E-state index in [1.165, 1.54) is 16.7 Å². The van der Waals surface area contributed by atoms with E-state index in [0.717, 1.165) is 61.7 Å². The summed E-state index contributed by atoms with van der Waals surface area (Å²) < 4.78 is 0. The van der Waals surface area contributed by atoms with Crippen molar-refractivity contribution in [3.8, 4) is 78.4 Å². The number of rotatable bonds is 7. The van der Waals surface area contributed by atoms with E-state index in [-0.39, 0.29) is 0 Å². The number of aromatic nitrogens is 2. The van der Waals surface area contributed by atoms with Crippen LogP contribution >= 0.6 is 0 Å². The lowest BCUT2D eigenvalue weighted by Crippen LogP contribution is -1.91. The van der Waals surface area contributed by atoms with Gasteiger partial charge in [-0.05, 0) is 69.8 Å². The Bertz CT molecular complexity index is 2250. The van der Waals surface area contributed by atoms with Crippen molar-refractivity contribution in [2.75, 3.05) is 0 Å². The minimum absolute atomic E-state index is 0.950. The fraction of sp³-hybridized carbons (Fsp3) is 0. The Balaban J connectivity index is 1.09. The average molecular weight is 613 g/mol. The van der Waals surface area contributed by atoms with E-state index in [1.807, 2.05) is 12.1 Å². The van der Waals surface area contributed by atoms with Crippen molar-refractivity contribution >= 4 is 0 Å². The van der Waals surface area contributed by atoms with Crippen molar-refractivity contribution in [1.29, 1.82) is 0 Å². The highest BCUT2D eigenvalue weighted by Crippen LogP contribution is 2.33. The largest absolute Gasteiger partial charge is 0.248 e. The first-order chi connectivity index (χ1) is 23.8. The smallest absolute Gasteiger partial charge is 0.0715 e. The molecule has 48 heavy (non-hydrogen) atoms. The first-order valence-electron chi connectivity index (χ1n) is 16.2. The van der Waals surface area contributed by atoms with Gasteiger partial charge in [-0.15, -0.1) is 0 Å². The third kappa shape index (κ3) is 6.20. The Morgan fingerprint density at radius 2 is 0.521 bits per heavy atom. The summed E-state index contributed by atoms with van der Waals surface area (Å²) in [6.45, 7) is 0. The molecule has 0 N–H and O–H groups in total. The van der Waals surface area contributed by atoms with Crippen molar-refractivity contribution in [1.82, 2.24) is 9.97 Å². The van der Waals surface area contributed by atoms with E-state index in [2.05, 4.69) is 182 Å². The van der Waals surface area contributed by atoms with Gasteiger partial charge in [0.25, 0.3) is 0 Å². The van der Waals surface area contributed by atoms with Crippen LogP contribution < -0.4 is 0 Å². The van der Waals surface area contributed by atoms with Gasteiger partial charge in [0, 0.05) is 22.3 Å². The number of pyridine rings is 2. The number of hydrogen-bond donors (Lipinski definition) is 0. The Morgan fingerprint density at radius 1 is 0.188 bits per heavy atom. The van der Waals surface area contributed by atoms with E-state index >= 15 is 0 Å². The van der Waals surface area contributed by atoms with E-state index in [0.29, 0.717) is 0 Å². The topological polar surface area (TPSA) is 25.8 Å². The van der Waals surface area contributed by atoms with Crippen molar-refractivity contribution in [3.05, 3.63) is 194 Å². The quantitative estimate of drug-likeness (QED) is 0.179. The molecule has 2 nitrogen and oxygen atoms in total. The van der Waals surface area contributed by atoms with E-state index in [4.69, 9.17) is 9.97 Å². The highest BCUT2D eigenvalue weighted by molar-refractivity contribution is 5.79. The van der Waals surface area contributed by atoms with Gasteiger partial charge in [0.2, 0.25) is 0 Å². The van der Waals surface area contributed by atoms with Crippen molar-refractivity contribution in [2.45, 2.75) is 0 Å². The Labute approximate surface area is 281 Å². The minimum atomic E-state index is 0.950. The molecule has 8 aromatic rings. The van der Waals surface area contributed by atoms with Crippen LogP contribution in [0.1, 0.15) is 0 Å². The standard InChI is InChI=1S/C46H32N2/c1-4-13-33(14-5-1)38-19-10-21-40(29-38)43-23-12-24-44(47-43)41-22-11-20-39(30-41)35-25-27-37(28-26-35)46-32-42(34-15-6-2-7-16-34)31-45(48-46)36-17-8-3-9-18-36/h1-32H. The maximum Gasteiger partial charge on any atom is 0.0715 e. The first-order valence-corrected chi connectivity index (χ1v) is 16.2. The zero-order valence-electron chi connectivity index (χ0n) is 26.4. The predicted octanol–water partition coefficient (Wildman–Crippen LogP) is 12.1. The summed E-state index contributed by atoms with van der Waals surface area (Å²) in [4.78, 5) is 10.2.